The number of phosphoric ester groups is 6. The average molecular weight is 658 g/mol. The molecular weight excluding hydrogens is 642 g/mol. The van der Waals surface area contributed by atoms with E-state index in [2.05, 4.69) is 27.1 Å². The molecule has 12 N–H and O–H groups in total. The van der Waals surface area contributed by atoms with Crippen molar-refractivity contribution in [3.63, 3.8) is 0 Å². The van der Waals surface area contributed by atoms with E-state index >= 15 is 0 Å². The molecule has 0 fully saturated rings. The Bertz CT molecular complexity index is 1030. The summed E-state index contributed by atoms with van der Waals surface area (Å²) in [5.41, 5.74) is 0. The van der Waals surface area contributed by atoms with Gasteiger partial charge < -0.3 is 48.2 Å². The standard InChI is InChI=1S/C6H16O24P6/c7-31(8,9)25-1-2(26-32(10,11)12)4(28-34(16,17)18)6(30-36(22,23)24)5(29-35(19,20)21)3(1)27-33(13,14)15/h1-4H,(H2,7,8,9)(H2,10,11,12)(H2,13,14,15)(H2,16,17,18)(H2,19,20,21)(H2,22,23,24)/t1-,2+,3+,4?/m1/s1. The van der Waals surface area contributed by atoms with Gasteiger partial charge in [-0.3, -0.25) is 37.7 Å². The van der Waals surface area contributed by atoms with Crippen molar-refractivity contribution in [2.45, 2.75) is 24.4 Å². The smallest absolute Gasteiger partial charge is 0.402 e. The zero-order chi connectivity index (χ0) is 28.7. The Balaban J connectivity index is 4.21. The van der Waals surface area contributed by atoms with Gasteiger partial charge in [0, 0.05) is 0 Å². The summed E-state index contributed by atoms with van der Waals surface area (Å²) in [5.74, 6) is -4.17. The summed E-state index contributed by atoms with van der Waals surface area (Å²) in [6.07, 6.45) is -12.9. The Morgan fingerprint density at radius 1 is 0.389 bits per heavy atom. The number of hydrogen-bond acceptors (Lipinski definition) is 12. The van der Waals surface area contributed by atoms with E-state index in [1.165, 1.54) is 0 Å². The summed E-state index contributed by atoms with van der Waals surface area (Å²) in [4.78, 5) is 109. The van der Waals surface area contributed by atoms with Crippen molar-refractivity contribution in [3.8, 4) is 0 Å². The largest absolute Gasteiger partial charge is 0.524 e. The normalized spacial score (nSPS) is 25.1. The molecule has 0 aromatic carbocycles. The molecule has 0 radical (unpaired) electrons. The second kappa shape index (κ2) is 11.3. The molecule has 36 heavy (non-hydrogen) atoms. The molecule has 30 heteroatoms. The molecular formula is C6H16O24P6. The number of hydrogen-bond donors (Lipinski definition) is 12. The molecule has 0 saturated heterocycles. The minimum Gasteiger partial charge on any atom is -0.402 e. The van der Waals surface area contributed by atoms with Crippen LogP contribution in [-0.4, -0.2) is 83.1 Å². The molecule has 0 bridgehead atoms. The summed E-state index contributed by atoms with van der Waals surface area (Å²) >= 11 is 0. The average Bonchev–Trinajstić information content (AvgIpc) is 2.51. The van der Waals surface area contributed by atoms with Crippen molar-refractivity contribution in [1.29, 1.82) is 0 Å². The van der Waals surface area contributed by atoms with Crippen molar-refractivity contribution in [1.82, 2.24) is 0 Å². The van der Waals surface area contributed by atoms with Crippen LogP contribution in [0, 0.1) is 0 Å². The molecule has 0 amide bonds. The third-order valence-corrected chi connectivity index (χ3v) is 6.04. The monoisotopic (exact) mass is 658 g/mol. The Kier molecular flexibility index (Phi) is 10.7. The predicted octanol–water partition coefficient (Wildman–Crippen LogP) is -2.66. The minimum atomic E-state index is -6.07. The lowest BCUT2D eigenvalue weighted by molar-refractivity contribution is -0.107. The number of phosphoric acid groups is 6. The van der Waals surface area contributed by atoms with Crippen LogP contribution in [0.25, 0.3) is 0 Å². The first kappa shape index (κ1) is 34.1. The van der Waals surface area contributed by atoms with Crippen LogP contribution in [0.5, 0.6) is 0 Å². The van der Waals surface area contributed by atoms with Crippen LogP contribution in [0.3, 0.4) is 0 Å². The van der Waals surface area contributed by atoms with E-state index in [4.69, 9.17) is 58.7 Å². The minimum absolute atomic E-state index is 2.09. The van der Waals surface area contributed by atoms with E-state index in [0.29, 0.717) is 0 Å². The molecule has 1 aliphatic carbocycles. The summed E-state index contributed by atoms with van der Waals surface area (Å²) < 4.78 is 92.6. The highest BCUT2D eigenvalue weighted by atomic mass is 31.2. The second-order valence-corrected chi connectivity index (χ2v) is 13.1. The molecule has 24 nitrogen and oxygen atoms in total. The quantitative estimate of drug-likeness (QED) is 0.0952. The Morgan fingerprint density at radius 3 is 0.778 bits per heavy atom. The van der Waals surface area contributed by atoms with E-state index in [1.807, 2.05) is 0 Å². The zero-order valence-corrected chi connectivity index (χ0v) is 21.6. The van der Waals surface area contributed by atoms with Gasteiger partial charge >= 0.3 is 46.9 Å². The Labute approximate surface area is 196 Å². The SMILES string of the molecule is O=P(O)(O)OC1=C(OP(=O)(O)O)[C@@H](OP(=O)(O)O)[C@H](OP(=O)(O)O)[C@H](OP(=O)(O)O)C1OP(=O)(O)O. The maximum Gasteiger partial charge on any atom is 0.524 e. The Hall–Kier alpha value is 0.0800. The molecule has 0 aliphatic heterocycles. The van der Waals surface area contributed by atoms with Crippen molar-refractivity contribution in [3.05, 3.63) is 11.5 Å². The van der Waals surface area contributed by atoms with Crippen LogP contribution in [0.4, 0.5) is 0 Å². The summed E-state index contributed by atoms with van der Waals surface area (Å²) in [6.45, 7) is 0. The van der Waals surface area contributed by atoms with Gasteiger partial charge in [-0.2, -0.15) is 0 Å². The molecule has 214 valence electrons. The van der Waals surface area contributed by atoms with E-state index in [1.54, 1.807) is 0 Å². The summed E-state index contributed by atoms with van der Waals surface area (Å²) in [5, 5.41) is 0. The van der Waals surface area contributed by atoms with E-state index < -0.39 is 82.9 Å². The van der Waals surface area contributed by atoms with Crippen LogP contribution in [0.1, 0.15) is 0 Å². The van der Waals surface area contributed by atoms with Gasteiger partial charge in [-0.05, 0) is 0 Å². The van der Waals surface area contributed by atoms with Crippen molar-refractivity contribution < 1.29 is 113 Å². The third-order valence-electron chi connectivity index (χ3n) is 3.13. The van der Waals surface area contributed by atoms with E-state index in [9.17, 15) is 27.4 Å². The van der Waals surface area contributed by atoms with Crippen molar-refractivity contribution in [2.24, 2.45) is 0 Å². The molecule has 1 rings (SSSR count). The molecule has 0 spiro atoms. The van der Waals surface area contributed by atoms with Gasteiger partial charge in [0.25, 0.3) is 0 Å². The first-order chi connectivity index (χ1) is 15.6. The van der Waals surface area contributed by atoms with Gasteiger partial charge in [0.05, 0.1) is 0 Å². The van der Waals surface area contributed by atoms with Gasteiger partial charge in [-0.25, -0.2) is 27.4 Å². The van der Waals surface area contributed by atoms with Gasteiger partial charge in [-0.15, -0.1) is 0 Å². The fraction of sp³-hybridized carbons (Fsp3) is 0.667. The second-order valence-electron chi connectivity index (χ2n) is 6.05. The maximum absolute atomic E-state index is 11.4. The number of rotatable bonds is 12. The highest BCUT2D eigenvalue weighted by Crippen LogP contribution is 2.58. The molecule has 0 aromatic rings. The Morgan fingerprint density at radius 2 is 0.611 bits per heavy atom. The molecule has 1 unspecified atom stereocenters. The lowest BCUT2D eigenvalue weighted by Crippen LogP contribution is -2.54. The van der Waals surface area contributed by atoms with E-state index in [0.717, 1.165) is 0 Å². The summed E-state index contributed by atoms with van der Waals surface area (Å²) in [6, 6.07) is 0. The van der Waals surface area contributed by atoms with Crippen LogP contribution in [0.2, 0.25) is 0 Å². The third kappa shape index (κ3) is 12.8. The lowest BCUT2D eigenvalue weighted by atomic mass is 9.93. The molecule has 1 aliphatic rings. The van der Waals surface area contributed by atoms with E-state index in [-0.39, 0.29) is 0 Å². The van der Waals surface area contributed by atoms with Gasteiger partial charge in [0.15, 0.2) is 23.7 Å². The first-order valence-electron chi connectivity index (χ1n) is 7.77. The van der Waals surface area contributed by atoms with Gasteiger partial charge in [0.2, 0.25) is 0 Å². The lowest BCUT2D eigenvalue weighted by Gasteiger charge is -2.42. The zero-order valence-electron chi connectivity index (χ0n) is 16.3. The van der Waals surface area contributed by atoms with Crippen molar-refractivity contribution >= 4 is 46.9 Å². The molecule has 0 heterocycles. The topological polar surface area (TPSA) is 401 Å². The molecule has 0 saturated carbocycles. The fourth-order valence-electron chi connectivity index (χ4n) is 2.43. The molecule has 0 aromatic heterocycles. The predicted molar refractivity (Wildman–Crippen MR) is 101 cm³/mol. The highest BCUT2D eigenvalue weighted by molar-refractivity contribution is 7.47. The first-order valence-corrected chi connectivity index (χ1v) is 17.0. The van der Waals surface area contributed by atoms with Crippen LogP contribution in [-0.2, 0) is 54.5 Å². The van der Waals surface area contributed by atoms with Crippen LogP contribution < -0.4 is 0 Å². The maximum atomic E-state index is 11.4. The van der Waals surface area contributed by atoms with Crippen LogP contribution in [0.15, 0.2) is 11.5 Å². The fourth-order valence-corrected chi connectivity index (χ4v) is 5.45. The molecule has 4 atom stereocenters. The highest BCUT2D eigenvalue weighted by Gasteiger charge is 2.58. The van der Waals surface area contributed by atoms with Crippen molar-refractivity contribution in [2.75, 3.05) is 0 Å². The van der Waals surface area contributed by atoms with Gasteiger partial charge in [0.1, 0.15) is 12.2 Å². The summed E-state index contributed by atoms with van der Waals surface area (Å²) in [7, 11) is -36.3. The van der Waals surface area contributed by atoms with Gasteiger partial charge in [-0.1, -0.05) is 0 Å². The van der Waals surface area contributed by atoms with Crippen LogP contribution >= 0.6 is 46.9 Å².